The van der Waals surface area contributed by atoms with Crippen LogP contribution in [0.3, 0.4) is 0 Å². The molecule has 0 aromatic carbocycles. The normalized spacial score (nSPS) is 14.2. The van der Waals surface area contributed by atoms with E-state index >= 15 is 0 Å². The Morgan fingerprint density at radius 2 is 2.08 bits per heavy atom. The average Bonchev–Trinajstić information content (AvgIpc) is 3.12. The third kappa shape index (κ3) is 4.48. The standard InChI is InChI=1S/C14H18F3N5O2S/c1-9-20-7-10(25-9)8-21-12(23)19-4-3-13(24,14(15,16)17)11-18-5-6-22(11)2/h5-7,24H,3-4,8H2,1-2H3,(H2,19,21,23). The molecule has 138 valence electrons. The van der Waals surface area contributed by atoms with E-state index in [1.165, 1.54) is 30.8 Å². The number of carbonyl (C=O) groups is 1. The van der Waals surface area contributed by atoms with Crippen LogP contribution in [0.4, 0.5) is 18.0 Å². The van der Waals surface area contributed by atoms with Crippen molar-refractivity contribution in [3.63, 3.8) is 0 Å². The molecular formula is C14H18F3N5O2S. The molecule has 0 radical (unpaired) electrons. The molecule has 2 rings (SSSR count). The van der Waals surface area contributed by atoms with Gasteiger partial charge in [0.15, 0.2) is 0 Å². The summed E-state index contributed by atoms with van der Waals surface area (Å²) < 4.78 is 41.0. The van der Waals surface area contributed by atoms with E-state index in [9.17, 15) is 23.1 Å². The van der Waals surface area contributed by atoms with Gasteiger partial charge >= 0.3 is 12.2 Å². The quantitative estimate of drug-likeness (QED) is 0.716. The highest BCUT2D eigenvalue weighted by Crippen LogP contribution is 2.40. The zero-order valence-electron chi connectivity index (χ0n) is 13.6. The van der Waals surface area contributed by atoms with Crippen molar-refractivity contribution in [3.8, 4) is 0 Å². The first-order chi connectivity index (χ1) is 11.6. The Labute approximate surface area is 145 Å². The lowest BCUT2D eigenvalue weighted by Crippen LogP contribution is -2.47. The van der Waals surface area contributed by atoms with Gasteiger partial charge in [-0.05, 0) is 6.92 Å². The third-order valence-electron chi connectivity index (χ3n) is 3.52. The van der Waals surface area contributed by atoms with Crippen LogP contribution in [0.15, 0.2) is 18.6 Å². The zero-order chi connectivity index (χ0) is 18.7. The number of imidazole rings is 1. The van der Waals surface area contributed by atoms with Crippen LogP contribution in [0.2, 0.25) is 0 Å². The number of alkyl halides is 3. The van der Waals surface area contributed by atoms with Gasteiger partial charge in [0.05, 0.1) is 11.6 Å². The van der Waals surface area contributed by atoms with Crippen molar-refractivity contribution in [1.29, 1.82) is 0 Å². The van der Waals surface area contributed by atoms with Crippen molar-refractivity contribution >= 4 is 17.4 Å². The molecule has 0 fully saturated rings. The molecule has 2 aromatic rings. The summed E-state index contributed by atoms with van der Waals surface area (Å²) in [5, 5.41) is 15.8. The van der Waals surface area contributed by atoms with Crippen molar-refractivity contribution in [2.45, 2.75) is 31.7 Å². The van der Waals surface area contributed by atoms with Crippen LogP contribution in [-0.4, -0.2) is 38.4 Å². The van der Waals surface area contributed by atoms with Gasteiger partial charge in [0.2, 0.25) is 5.60 Å². The number of carbonyl (C=O) groups excluding carboxylic acids is 1. The minimum atomic E-state index is -4.93. The number of amides is 2. The van der Waals surface area contributed by atoms with Crippen molar-refractivity contribution in [2.75, 3.05) is 6.54 Å². The SMILES string of the molecule is Cc1ncc(CNC(=O)NCCC(O)(c2nccn2C)C(F)(F)F)s1. The summed E-state index contributed by atoms with van der Waals surface area (Å²) in [5.74, 6) is -0.526. The fraction of sp³-hybridized carbons (Fsp3) is 0.500. The van der Waals surface area contributed by atoms with Crippen LogP contribution in [0.5, 0.6) is 0 Å². The van der Waals surface area contributed by atoms with Gasteiger partial charge in [-0.1, -0.05) is 0 Å². The summed E-state index contributed by atoms with van der Waals surface area (Å²) in [7, 11) is 1.36. The maximum Gasteiger partial charge on any atom is 0.424 e. The lowest BCUT2D eigenvalue weighted by Gasteiger charge is -2.29. The van der Waals surface area contributed by atoms with E-state index in [4.69, 9.17) is 0 Å². The molecule has 0 saturated carbocycles. The Morgan fingerprint density at radius 3 is 2.60 bits per heavy atom. The summed E-state index contributed by atoms with van der Waals surface area (Å²) >= 11 is 1.41. The molecule has 0 aliphatic rings. The molecule has 2 aromatic heterocycles. The smallest absolute Gasteiger partial charge is 0.374 e. The monoisotopic (exact) mass is 377 g/mol. The van der Waals surface area contributed by atoms with E-state index in [1.54, 1.807) is 6.20 Å². The van der Waals surface area contributed by atoms with Gasteiger partial charge in [-0.25, -0.2) is 14.8 Å². The van der Waals surface area contributed by atoms with E-state index in [-0.39, 0.29) is 13.1 Å². The maximum atomic E-state index is 13.3. The van der Waals surface area contributed by atoms with Gasteiger partial charge in [-0.2, -0.15) is 13.2 Å². The van der Waals surface area contributed by atoms with Gasteiger partial charge in [0.1, 0.15) is 5.82 Å². The molecule has 0 aliphatic heterocycles. The first-order valence-corrected chi connectivity index (χ1v) is 8.15. The van der Waals surface area contributed by atoms with Crippen molar-refractivity contribution in [3.05, 3.63) is 34.3 Å². The average molecular weight is 377 g/mol. The van der Waals surface area contributed by atoms with Gasteiger partial charge < -0.3 is 20.3 Å². The number of rotatable bonds is 6. The van der Waals surface area contributed by atoms with Crippen LogP contribution in [0, 0.1) is 6.92 Å². The highest BCUT2D eigenvalue weighted by atomic mass is 32.1. The number of aryl methyl sites for hydroxylation is 2. The fourth-order valence-corrected chi connectivity index (χ4v) is 2.95. The van der Waals surface area contributed by atoms with Crippen molar-refractivity contribution in [1.82, 2.24) is 25.2 Å². The lowest BCUT2D eigenvalue weighted by atomic mass is 9.97. The predicted molar refractivity (Wildman–Crippen MR) is 84.9 cm³/mol. The van der Waals surface area contributed by atoms with Gasteiger partial charge in [-0.15, -0.1) is 11.3 Å². The van der Waals surface area contributed by atoms with E-state index < -0.39 is 30.1 Å². The zero-order valence-corrected chi connectivity index (χ0v) is 14.4. The maximum absolute atomic E-state index is 13.3. The van der Waals surface area contributed by atoms with Crippen LogP contribution < -0.4 is 10.6 Å². The molecule has 25 heavy (non-hydrogen) atoms. The summed E-state index contributed by atoms with van der Waals surface area (Å²) in [6.45, 7) is 1.67. The second kappa shape index (κ2) is 7.40. The first kappa shape index (κ1) is 19.2. The van der Waals surface area contributed by atoms with Crippen LogP contribution in [-0.2, 0) is 19.2 Å². The molecule has 1 unspecified atom stereocenters. The summed E-state index contributed by atoms with van der Waals surface area (Å²) in [6.07, 6.45) is -1.59. The highest BCUT2D eigenvalue weighted by Gasteiger charge is 2.57. The minimum absolute atomic E-state index is 0.222. The molecule has 3 N–H and O–H groups in total. The van der Waals surface area contributed by atoms with E-state index in [0.717, 1.165) is 14.5 Å². The Hall–Kier alpha value is -2.14. The number of urea groups is 1. The molecule has 2 amide bonds. The number of halogens is 3. The number of aliphatic hydroxyl groups is 1. The van der Waals surface area contributed by atoms with E-state index in [2.05, 4.69) is 20.6 Å². The molecule has 11 heteroatoms. The van der Waals surface area contributed by atoms with E-state index in [0.29, 0.717) is 0 Å². The van der Waals surface area contributed by atoms with Gasteiger partial charge in [0, 0.05) is 43.5 Å². The Bertz CT molecular complexity index is 730. The van der Waals surface area contributed by atoms with E-state index in [1.807, 2.05) is 6.92 Å². The number of nitrogens with zero attached hydrogens (tertiary/aromatic N) is 3. The molecule has 0 aliphatic carbocycles. The second-order valence-corrected chi connectivity index (χ2v) is 6.74. The Morgan fingerprint density at radius 1 is 1.36 bits per heavy atom. The Balaban J connectivity index is 1.91. The summed E-state index contributed by atoms with van der Waals surface area (Å²) in [4.78, 5) is 20.1. The van der Waals surface area contributed by atoms with Crippen LogP contribution in [0.1, 0.15) is 22.1 Å². The molecule has 7 nitrogen and oxygen atoms in total. The lowest BCUT2D eigenvalue weighted by molar-refractivity contribution is -0.272. The molecule has 0 spiro atoms. The van der Waals surface area contributed by atoms with Crippen molar-refractivity contribution < 1.29 is 23.1 Å². The summed E-state index contributed by atoms with van der Waals surface area (Å²) in [5.41, 5.74) is -3.15. The Kier molecular flexibility index (Phi) is 5.68. The predicted octanol–water partition coefficient (Wildman–Crippen LogP) is 1.82. The van der Waals surface area contributed by atoms with Crippen LogP contribution in [0.25, 0.3) is 0 Å². The number of hydrogen-bond donors (Lipinski definition) is 3. The number of aromatic nitrogens is 3. The number of hydrogen-bond acceptors (Lipinski definition) is 5. The topological polar surface area (TPSA) is 92.1 Å². The van der Waals surface area contributed by atoms with Crippen LogP contribution >= 0.6 is 11.3 Å². The third-order valence-corrected chi connectivity index (χ3v) is 4.44. The molecular weight excluding hydrogens is 359 g/mol. The molecule has 2 heterocycles. The minimum Gasteiger partial charge on any atom is -0.374 e. The second-order valence-electron chi connectivity index (χ2n) is 5.42. The highest BCUT2D eigenvalue weighted by molar-refractivity contribution is 7.11. The molecule has 0 saturated heterocycles. The van der Waals surface area contributed by atoms with Gasteiger partial charge in [-0.3, -0.25) is 0 Å². The van der Waals surface area contributed by atoms with Gasteiger partial charge in [0.25, 0.3) is 0 Å². The fourth-order valence-electron chi connectivity index (χ4n) is 2.22. The first-order valence-electron chi connectivity index (χ1n) is 7.33. The summed E-state index contributed by atoms with van der Waals surface area (Å²) in [6, 6.07) is -0.629. The molecule has 0 bridgehead atoms. The largest absolute Gasteiger partial charge is 0.424 e. The number of thiazole rings is 1. The van der Waals surface area contributed by atoms with Crippen molar-refractivity contribution in [2.24, 2.45) is 7.05 Å². The molecule has 1 atom stereocenters. The number of nitrogens with one attached hydrogen (secondary N) is 2.